The number of hydrogen-bond donors (Lipinski definition) is 0. The molecule has 14 heavy (non-hydrogen) atoms. The highest BCUT2D eigenvalue weighted by Crippen LogP contribution is 2.33. The quantitative estimate of drug-likeness (QED) is 0.544. The fourth-order valence-corrected chi connectivity index (χ4v) is 1.91. The molecule has 0 aliphatic heterocycles. The van der Waals surface area contributed by atoms with Crippen LogP contribution in [0.3, 0.4) is 0 Å². The van der Waals surface area contributed by atoms with Crippen LogP contribution in [0.2, 0.25) is 0 Å². The summed E-state index contributed by atoms with van der Waals surface area (Å²) in [6, 6.07) is 0. The van der Waals surface area contributed by atoms with E-state index < -0.39 is 21.1 Å². The van der Waals surface area contributed by atoms with Crippen LogP contribution in [0.4, 0.5) is 0 Å². The Kier molecular flexibility index (Phi) is 5.64. The third-order valence-corrected chi connectivity index (χ3v) is 2.88. The Balaban J connectivity index is 5.06. The molecular weight excluding hydrogens is 250 g/mol. The summed E-state index contributed by atoms with van der Waals surface area (Å²) in [6.07, 6.45) is 1.12. The zero-order valence-electron chi connectivity index (χ0n) is 7.48. The highest BCUT2D eigenvalue weighted by Gasteiger charge is 2.49. The van der Waals surface area contributed by atoms with Crippen LogP contribution in [0, 0.1) is 5.41 Å². The average molecular weight is 260 g/mol. The second-order valence-electron chi connectivity index (χ2n) is 2.83. The lowest BCUT2D eigenvalue weighted by Crippen LogP contribution is -2.39. The number of rotatable bonds is 6. The summed E-state index contributed by atoms with van der Waals surface area (Å²) < 4.78 is 0. The fourth-order valence-electron chi connectivity index (χ4n) is 0.969. The van der Waals surface area contributed by atoms with Crippen molar-refractivity contribution in [2.75, 3.05) is 0 Å². The first kappa shape index (κ1) is 13.9. The SMILES string of the molecule is CCCCC(C(=O)Cl)(C(=O)Cl)C(=O)Cl. The van der Waals surface area contributed by atoms with Gasteiger partial charge in [-0.3, -0.25) is 14.4 Å². The molecule has 0 bridgehead atoms. The maximum absolute atomic E-state index is 11.0. The highest BCUT2D eigenvalue weighted by molar-refractivity contribution is 6.83. The van der Waals surface area contributed by atoms with E-state index in [1.807, 2.05) is 6.92 Å². The minimum absolute atomic E-state index is 0.0451. The molecule has 0 radical (unpaired) electrons. The summed E-state index contributed by atoms with van der Waals surface area (Å²) >= 11 is 15.5. The molecule has 0 heterocycles. The molecule has 0 aliphatic carbocycles. The van der Waals surface area contributed by atoms with Gasteiger partial charge in [0.25, 0.3) is 0 Å². The number of halogens is 3. The van der Waals surface area contributed by atoms with E-state index in [2.05, 4.69) is 0 Å². The lowest BCUT2D eigenvalue weighted by atomic mass is 9.87. The second kappa shape index (κ2) is 5.69. The standard InChI is InChI=1S/C8H9Cl3O3/c1-2-3-4-8(5(9)12,6(10)13)7(11)14/h2-4H2,1H3. The first-order valence-electron chi connectivity index (χ1n) is 3.99. The summed E-state index contributed by atoms with van der Waals surface area (Å²) in [5.41, 5.74) is -2.07. The maximum Gasteiger partial charge on any atom is 0.245 e. The third kappa shape index (κ3) is 2.69. The van der Waals surface area contributed by atoms with Gasteiger partial charge in [-0.25, -0.2) is 0 Å². The van der Waals surface area contributed by atoms with Gasteiger partial charge in [0, 0.05) is 0 Å². The zero-order chi connectivity index (χ0) is 11.4. The van der Waals surface area contributed by atoms with Gasteiger partial charge in [-0.2, -0.15) is 0 Å². The monoisotopic (exact) mass is 258 g/mol. The molecule has 0 aromatic rings. The Labute approximate surface area is 96.7 Å². The van der Waals surface area contributed by atoms with Crippen LogP contribution in [0.5, 0.6) is 0 Å². The van der Waals surface area contributed by atoms with Gasteiger partial charge < -0.3 is 0 Å². The van der Waals surface area contributed by atoms with Gasteiger partial charge in [-0.05, 0) is 41.2 Å². The van der Waals surface area contributed by atoms with Crippen molar-refractivity contribution in [1.29, 1.82) is 0 Å². The van der Waals surface area contributed by atoms with Crippen molar-refractivity contribution in [1.82, 2.24) is 0 Å². The Morgan fingerprint density at radius 3 is 1.57 bits per heavy atom. The summed E-state index contributed by atoms with van der Waals surface area (Å²) in [4.78, 5) is 33.0. The van der Waals surface area contributed by atoms with Crippen LogP contribution >= 0.6 is 34.8 Å². The van der Waals surface area contributed by atoms with E-state index >= 15 is 0 Å². The molecule has 0 aromatic heterocycles. The summed E-state index contributed by atoms with van der Waals surface area (Å²) in [6.45, 7) is 1.83. The van der Waals surface area contributed by atoms with E-state index in [4.69, 9.17) is 34.8 Å². The predicted octanol–water partition coefficient (Wildman–Crippen LogP) is 2.46. The van der Waals surface area contributed by atoms with E-state index in [0.717, 1.165) is 0 Å². The molecule has 0 saturated heterocycles. The van der Waals surface area contributed by atoms with Crippen molar-refractivity contribution >= 4 is 50.5 Å². The van der Waals surface area contributed by atoms with Crippen LogP contribution in [0.15, 0.2) is 0 Å². The minimum atomic E-state index is -2.07. The molecule has 0 saturated carbocycles. The molecule has 0 aliphatic rings. The number of carbonyl (C=O) groups is 3. The molecule has 0 aromatic carbocycles. The van der Waals surface area contributed by atoms with Crippen LogP contribution < -0.4 is 0 Å². The zero-order valence-corrected chi connectivity index (χ0v) is 9.75. The molecule has 0 fully saturated rings. The van der Waals surface area contributed by atoms with Crippen LogP contribution in [-0.2, 0) is 14.4 Å². The van der Waals surface area contributed by atoms with E-state index in [1.54, 1.807) is 0 Å². The molecule has 0 amide bonds. The predicted molar refractivity (Wildman–Crippen MR) is 54.5 cm³/mol. The molecule has 0 rings (SSSR count). The Hall–Kier alpha value is -0.120. The normalized spacial score (nSPS) is 11.1. The Morgan fingerprint density at radius 2 is 1.36 bits per heavy atom. The van der Waals surface area contributed by atoms with Gasteiger partial charge in [0.15, 0.2) is 5.41 Å². The van der Waals surface area contributed by atoms with Gasteiger partial charge >= 0.3 is 0 Å². The number of hydrogen-bond acceptors (Lipinski definition) is 3. The van der Waals surface area contributed by atoms with Crippen molar-refractivity contribution in [2.24, 2.45) is 5.41 Å². The van der Waals surface area contributed by atoms with Crippen LogP contribution in [0.1, 0.15) is 26.2 Å². The maximum atomic E-state index is 11.0. The van der Waals surface area contributed by atoms with Crippen LogP contribution in [0.25, 0.3) is 0 Å². The van der Waals surface area contributed by atoms with Gasteiger partial charge in [0.05, 0.1) is 0 Å². The molecule has 80 valence electrons. The number of carbonyl (C=O) groups excluding carboxylic acids is 3. The Morgan fingerprint density at radius 1 is 1.00 bits per heavy atom. The molecule has 0 unspecified atom stereocenters. The molecular formula is C8H9Cl3O3. The summed E-state index contributed by atoms with van der Waals surface area (Å²) in [5.74, 6) is 0. The largest absolute Gasteiger partial charge is 0.280 e. The van der Waals surface area contributed by atoms with Crippen molar-refractivity contribution in [3.8, 4) is 0 Å². The van der Waals surface area contributed by atoms with Crippen molar-refractivity contribution in [3.05, 3.63) is 0 Å². The van der Waals surface area contributed by atoms with Gasteiger partial charge in [-0.1, -0.05) is 19.8 Å². The molecule has 0 atom stereocenters. The highest BCUT2D eigenvalue weighted by atomic mass is 35.5. The Bertz CT molecular complexity index is 227. The lowest BCUT2D eigenvalue weighted by Gasteiger charge is -2.20. The lowest BCUT2D eigenvalue weighted by molar-refractivity contribution is -0.139. The van der Waals surface area contributed by atoms with Crippen molar-refractivity contribution in [2.45, 2.75) is 26.2 Å². The van der Waals surface area contributed by atoms with Crippen molar-refractivity contribution < 1.29 is 14.4 Å². The van der Waals surface area contributed by atoms with Gasteiger partial charge in [0.2, 0.25) is 15.7 Å². The molecule has 0 N–H and O–H groups in total. The number of unbranched alkanes of at least 4 members (excludes halogenated alkanes) is 1. The van der Waals surface area contributed by atoms with Crippen LogP contribution in [-0.4, -0.2) is 15.7 Å². The fraction of sp³-hybridized carbons (Fsp3) is 0.625. The minimum Gasteiger partial charge on any atom is -0.280 e. The molecule has 0 spiro atoms. The second-order valence-corrected chi connectivity index (χ2v) is 3.86. The smallest absolute Gasteiger partial charge is 0.245 e. The third-order valence-electron chi connectivity index (χ3n) is 1.91. The first-order valence-corrected chi connectivity index (χ1v) is 5.12. The summed E-state index contributed by atoms with van der Waals surface area (Å²) in [7, 11) is 0. The van der Waals surface area contributed by atoms with Crippen molar-refractivity contribution in [3.63, 3.8) is 0 Å². The van der Waals surface area contributed by atoms with E-state index in [0.29, 0.717) is 12.8 Å². The van der Waals surface area contributed by atoms with Gasteiger partial charge in [-0.15, -0.1) is 0 Å². The average Bonchev–Trinajstić information content (AvgIpc) is 2.03. The summed E-state index contributed by atoms with van der Waals surface area (Å²) in [5, 5.41) is -3.36. The molecule has 6 heteroatoms. The van der Waals surface area contributed by atoms with E-state index in [9.17, 15) is 14.4 Å². The van der Waals surface area contributed by atoms with Gasteiger partial charge in [0.1, 0.15) is 0 Å². The molecule has 3 nitrogen and oxygen atoms in total. The first-order chi connectivity index (χ1) is 6.39. The topological polar surface area (TPSA) is 51.2 Å². The van der Waals surface area contributed by atoms with E-state index in [1.165, 1.54) is 0 Å². The van der Waals surface area contributed by atoms with E-state index in [-0.39, 0.29) is 6.42 Å².